The second-order valence-corrected chi connectivity index (χ2v) is 6.48. The van der Waals surface area contributed by atoms with E-state index < -0.39 is 17.6 Å². The lowest BCUT2D eigenvalue weighted by Gasteiger charge is -2.28. The summed E-state index contributed by atoms with van der Waals surface area (Å²) in [5, 5.41) is 5.12. The van der Waals surface area contributed by atoms with Crippen molar-refractivity contribution in [1.82, 2.24) is 14.8 Å². The number of hydrogen-bond acceptors (Lipinski definition) is 3. The zero-order chi connectivity index (χ0) is 18.5. The van der Waals surface area contributed by atoms with Gasteiger partial charge in [-0.05, 0) is 56.3 Å². The highest BCUT2D eigenvalue weighted by atomic mass is 19.1. The molecule has 1 aromatic carbocycles. The van der Waals surface area contributed by atoms with Crippen LogP contribution in [-0.2, 0) is 16.6 Å². The highest BCUT2D eigenvalue weighted by molar-refractivity contribution is 6.39. The summed E-state index contributed by atoms with van der Waals surface area (Å²) in [7, 11) is 1.97. The summed E-state index contributed by atoms with van der Waals surface area (Å²) in [6, 6.07) is 9.47. The lowest BCUT2D eigenvalue weighted by molar-refractivity contribution is -0.136. The number of anilines is 1. The number of rotatable bonds is 5. The maximum atomic E-state index is 13.2. The van der Waals surface area contributed by atoms with E-state index >= 15 is 0 Å². The van der Waals surface area contributed by atoms with Gasteiger partial charge in [-0.3, -0.25) is 14.5 Å². The molecule has 1 fully saturated rings. The third kappa shape index (κ3) is 4.29. The van der Waals surface area contributed by atoms with E-state index in [1.165, 1.54) is 24.3 Å². The number of nitrogens with one attached hydrogen (secondary N) is 2. The van der Waals surface area contributed by atoms with E-state index in [9.17, 15) is 14.0 Å². The maximum absolute atomic E-state index is 13.2. The molecule has 2 heterocycles. The molecule has 2 amide bonds. The Morgan fingerprint density at radius 3 is 2.58 bits per heavy atom. The first-order valence-electron chi connectivity index (χ1n) is 8.74. The molecule has 0 bridgehead atoms. The predicted octanol–water partition coefficient (Wildman–Crippen LogP) is 2.06. The van der Waals surface area contributed by atoms with Crippen molar-refractivity contribution in [2.24, 2.45) is 7.05 Å². The molecule has 1 atom stereocenters. The summed E-state index contributed by atoms with van der Waals surface area (Å²) in [5.74, 6) is -2.00. The summed E-state index contributed by atoms with van der Waals surface area (Å²) < 4.78 is 15.2. The van der Waals surface area contributed by atoms with Gasteiger partial charge in [0.1, 0.15) is 5.82 Å². The van der Waals surface area contributed by atoms with Gasteiger partial charge in [-0.15, -0.1) is 0 Å². The number of likely N-dealkylation sites (tertiary alicyclic amines) is 1. The molecule has 6 nitrogen and oxygen atoms in total. The van der Waals surface area contributed by atoms with Crippen LogP contribution in [-0.4, -0.2) is 40.9 Å². The number of carbonyl (C=O) groups is 2. The molecule has 1 unspecified atom stereocenters. The van der Waals surface area contributed by atoms with Gasteiger partial charge < -0.3 is 15.2 Å². The van der Waals surface area contributed by atoms with Crippen LogP contribution >= 0.6 is 0 Å². The second-order valence-electron chi connectivity index (χ2n) is 6.48. The third-order valence-electron chi connectivity index (χ3n) is 4.65. The van der Waals surface area contributed by atoms with Gasteiger partial charge in [-0.2, -0.15) is 0 Å². The summed E-state index contributed by atoms with van der Waals surface area (Å²) in [4.78, 5) is 26.5. The molecule has 0 saturated carbocycles. The number of amides is 2. The first-order chi connectivity index (χ1) is 12.5. The largest absolute Gasteiger partial charge is 0.353 e. The van der Waals surface area contributed by atoms with E-state index in [1.807, 2.05) is 29.9 Å². The number of halogens is 1. The van der Waals surface area contributed by atoms with Gasteiger partial charge in [0.2, 0.25) is 0 Å². The molecule has 2 aromatic rings. The predicted molar refractivity (Wildman–Crippen MR) is 97.0 cm³/mol. The Morgan fingerprint density at radius 2 is 1.92 bits per heavy atom. The SMILES string of the molecule is Cn1cccc1C(CNC(=O)C(=O)Nc1cccc(F)c1)N1CCCC1. The van der Waals surface area contributed by atoms with Gasteiger partial charge in [-0.1, -0.05) is 6.07 Å². The number of nitrogens with zero attached hydrogens (tertiary/aromatic N) is 2. The number of aromatic nitrogens is 1. The molecule has 0 aliphatic carbocycles. The van der Waals surface area contributed by atoms with Crippen molar-refractivity contribution in [1.29, 1.82) is 0 Å². The van der Waals surface area contributed by atoms with Crippen LogP contribution in [0.4, 0.5) is 10.1 Å². The fraction of sp³-hybridized carbons (Fsp3) is 0.368. The summed E-state index contributed by atoms with van der Waals surface area (Å²) >= 11 is 0. The Hall–Kier alpha value is -2.67. The Kier molecular flexibility index (Phi) is 5.68. The van der Waals surface area contributed by atoms with Crippen molar-refractivity contribution in [3.8, 4) is 0 Å². The number of carbonyl (C=O) groups excluding carboxylic acids is 2. The first kappa shape index (κ1) is 18.1. The number of hydrogen-bond donors (Lipinski definition) is 2. The zero-order valence-corrected chi connectivity index (χ0v) is 14.7. The minimum atomic E-state index is -0.803. The zero-order valence-electron chi connectivity index (χ0n) is 14.7. The third-order valence-corrected chi connectivity index (χ3v) is 4.65. The minimum Gasteiger partial charge on any atom is -0.353 e. The van der Waals surface area contributed by atoms with Crippen molar-refractivity contribution < 1.29 is 14.0 Å². The topological polar surface area (TPSA) is 66.4 Å². The Morgan fingerprint density at radius 1 is 1.15 bits per heavy atom. The Balaban J connectivity index is 1.62. The lowest BCUT2D eigenvalue weighted by Crippen LogP contribution is -2.41. The van der Waals surface area contributed by atoms with E-state index in [0.717, 1.165) is 31.6 Å². The van der Waals surface area contributed by atoms with Crippen LogP contribution in [0.25, 0.3) is 0 Å². The van der Waals surface area contributed by atoms with E-state index in [0.29, 0.717) is 6.54 Å². The molecular formula is C19H23FN4O2. The summed E-state index contributed by atoms with van der Waals surface area (Å²) in [5.41, 5.74) is 1.35. The Bertz CT molecular complexity index is 783. The van der Waals surface area contributed by atoms with Gasteiger partial charge in [0.25, 0.3) is 0 Å². The van der Waals surface area contributed by atoms with Gasteiger partial charge in [-0.25, -0.2) is 4.39 Å². The molecule has 1 saturated heterocycles. The van der Waals surface area contributed by atoms with E-state index in [-0.39, 0.29) is 11.7 Å². The fourth-order valence-corrected chi connectivity index (χ4v) is 3.32. The van der Waals surface area contributed by atoms with Gasteiger partial charge in [0.05, 0.1) is 6.04 Å². The van der Waals surface area contributed by atoms with Crippen molar-refractivity contribution in [2.75, 3.05) is 25.0 Å². The highest BCUT2D eigenvalue weighted by Crippen LogP contribution is 2.24. The van der Waals surface area contributed by atoms with Crippen LogP contribution in [0.1, 0.15) is 24.6 Å². The van der Waals surface area contributed by atoms with Crippen LogP contribution < -0.4 is 10.6 Å². The first-order valence-corrected chi connectivity index (χ1v) is 8.74. The molecule has 1 aliphatic heterocycles. The van der Waals surface area contributed by atoms with Crippen molar-refractivity contribution in [2.45, 2.75) is 18.9 Å². The van der Waals surface area contributed by atoms with E-state index in [1.54, 1.807) is 0 Å². The van der Waals surface area contributed by atoms with E-state index in [2.05, 4.69) is 15.5 Å². The number of benzene rings is 1. The van der Waals surface area contributed by atoms with Crippen LogP contribution in [0.15, 0.2) is 42.6 Å². The van der Waals surface area contributed by atoms with Crippen molar-refractivity contribution in [3.05, 3.63) is 54.1 Å². The quantitative estimate of drug-likeness (QED) is 0.804. The van der Waals surface area contributed by atoms with Crippen molar-refractivity contribution >= 4 is 17.5 Å². The normalized spacial score (nSPS) is 15.6. The average Bonchev–Trinajstić information content (AvgIpc) is 3.28. The van der Waals surface area contributed by atoms with Crippen LogP contribution in [0.5, 0.6) is 0 Å². The average molecular weight is 358 g/mol. The molecule has 7 heteroatoms. The minimum absolute atomic E-state index is 0.0171. The second kappa shape index (κ2) is 8.14. The van der Waals surface area contributed by atoms with Crippen LogP contribution in [0.2, 0.25) is 0 Å². The molecule has 138 valence electrons. The smallest absolute Gasteiger partial charge is 0.313 e. The van der Waals surface area contributed by atoms with Crippen LogP contribution in [0.3, 0.4) is 0 Å². The lowest BCUT2D eigenvalue weighted by atomic mass is 10.1. The molecule has 0 spiro atoms. The maximum Gasteiger partial charge on any atom is 0.313 e. The molecule has 1 aliphatic rings. The molecule has 2 N–H and O–H groups in total. The van der Waals surface area contributed by atoms with Gasteiger partial charge in [0.15, 0.2) is 0 Å². The monoisotopic (exact) mass is 358 g/mol. The molecule has 0 radical (unpaired) electrons. The molecule has 26 heavy (non-hydrogen) atoms. The molecule has 1 aromatic heterocycles. The van der Waals surface area contributed by atoms with Crippen molar-refractivity contribution in [3.63, 3.8) is 0 Å². The number of aryl methyl sites for hydroxylation is 1. The molecular weight excluding hydrogens is 335 g/mol. The van der Waals surface area contributed by atoms with E-state index in [4.69, 9.17) is 0 Å². The van der Waals surface area contributed by atoms with Crippen LogP contribution in [0, 0.1) is 5.82 Å². The fourth-order valence-electron chi connectivity index (χ4n) is 3.32. The Labute approximate surface area is 152 Å². The summed E-state index contributed by atoms with van der Waals surface area (Å²) in [6.45, 7) is 2.29. The molecule has 3 rings (SSSR count). The standard InChI is InChI=1S/C19H23FN4O2/c1-23-9-5-8-16(23)17(24-10-2-3-11-24)13-21-18(25)19(26)22-15-7-4-6-14(20)12-15/h4-9,12,17H,2-3,10-11,13H2,1H3,(H,21,25)(H,22,26). The van der Waals surface area contributed by atoms with Gasteiger partial charge in [0, 0.05) is 31.2 Å². The highest BCUT2D eigenvalue weighted by Gasteiger charge is 2.26. The summed E-state index contributed by atoms with van der Waals surface area (Å²) in [6.07, 6.45) is 4.24. The van der Waals surface area contributed by atoms with Gasteiger partial charge >= 0.3 is 11.8 Å².